The number of aromatic nitrogens is 2. The molecule has 0 spiro atoms. The number of hydrogen-bond donors (Lipinski definition) is 0. The average molecular weight is 640 g/mol. The second-order valence-corrected chi connectivity index (χ2v) is 13.6. The maximum Gasteiger partial charge on any atom is 0.340 e. The fraction of sp³-hybridized carbons (Fsp3) is 0.233. The van der Waals surface area contributed by atoms with E-state index >= 15 is 0 Å². The van der Waals surface area contributed by atoms with Gasteiger partial charge in [0.05, 0.1) is 0 Å². The van der Waals surface area contributed by atoms with Crippen molar-refractivity contribution in [3.8, 4) is 5.75 Å². The molecule has 3 heterocycles. The summed E-state index contributed by atoms with van der Waals surface area (Å²) in [6, 6.07) is 16.8. The van der Waals surface area contributed by atoms with Gasteiger partial charge in [0.2, 0.25) is 15.9 Å². The first kappa shape index (κ1) is 31.0. The van der Waals surface area contributed by atoms with Crippen molar-refractivity contribution in [2.45, 2.75) is 22.3 Å². The van der Waals surface area contributed by atoms with Crippen LogP contribution in [0.2, 0.25) is 0 Å². The van der Waals surface area contributed by atoms with Gasteiger partial charge in [0.25, 0.3) is 0 Å². The highest BCUT2D eigenvalue weighted by Gasteiger charge is 2.36. The molecule has 44 heavy (non-hydrogen) atoms. The van der Waals surface area contributed by atoms with Crippen molar-refractivity contribution < 1.29 is 30.2 Å². The van der Waals surface area contributed by atoms with Crippen LogP contribution in [-0.4, -0.2) is 81.2 Å². The van der Waals surface area contributed by atoms with Gasteiger partial charge in [-0.15, -0.1) is 0 Å². The molecule has 1 amide bonds. The standard InChI is InChI=1S/C30H30FN5O6S2/c1-34(43(38,39)27-4-2-14-32-21-27)29(30(37)36-18-16-35(17-19-36)25-10-8-24(31)9-11-25)20-23-6-12-26(13-7-23)42-44(40,41)28-5-3-15-33-22-28/h2-15,21-22,29H,16-20H2,1H3. The summed E-state index contributed by atoms with van der Waals surface area (Å²) >= 11 is 0. The lowest BCUT2D eigenvalue weighted by Crippen LogP contribution is -2.56. The maximum absolute atomic E-state index is 13.9. The van der Waals surface area contributed by atoms with E-state index in [1.54, 1.807) is 29.2 Å². The maximum atomic E-state index is 13.9. The van der Waals surface area contributed by atoms with Gasteiger partial charge in [0.15, 0.2) is 0 Å². The predicted octanol–water partition coefficient (Wildman–Crippen LogP) is 2.96. The van der Waals surface area contributed by atoms with Gasteiger partial charge in [-0.05, 0) is 72.6 Å². The molecule has 0 saturated carbocycles. The number of carbonyl (C=O) groups excluding carboxylic acids is 1. The molecule has 2 aromatic heterocycles. The second kappa shape index (κ2) is 13.1. The van der Waals surface area contributed by atoms with Gasteiger partial charge in [-0.1, -0.05) is 12.1 Å². The van der Waals surface area contributed by atoms with Crippen molar-refractivity contribution in [3.63, 3.8) is 0 Å². The summed E-state index contributed by atoms with van der Waals surface area (Å²) in [5, 5.41) is 0. The molecule has 230 valence electrons. The molecule has 1 atom stereocenters. The van der Waals surface area contributed by atoms with Gasteiger partial charge >= 0.3 is 10.1 Å². The van der Waals surface area contributed by atoms with Gasteiger partial charge in [-0.2, -0.15) is 12.7 Å². The topological polar surface area (TPSA) is 130 Å². The van der Waals surface area contributed by atoms with Crippen LogP contribution in [0.1, 0.15) is 5.56 Å². The number of amides is 1. The molecule has 5 rings (SSSR count). The third kappa shape index (κ3) is 7.04. The Balaban J connectivity index is 1.35. The smallest absolute Gasteiger partial charge is 0.340 e. The Morgan fingerprint density at radius 3 is 2.02 bits per heavy atom. The summed E-state index contributed by atoms with van der Waals surface area (Å²) in [6.45, 7) is 1.65. The number of sulfonamides is 1. The molecular weight excluding hydrogens is 609 g/mol. The quantitative estimate of drug-likeness (QED) is 0.241. The first-order valence-corrected chi connectivity index (χ1v) is 16.5. The van der Waals surface area contributed by atoms with E-state index in [-0.39, 0.29) is 33.7 Å². The van der Waals surface area contributed by atoms with Crippen LogP contribution in [0, 0.1) is 5.82 Å². The molecule has 1 aliphatic heterocycles. The first-order valence-electron chi connectivity index (χ1n) is 13.7. The number of hydrogen-bond acceptors (Lipinski definition) is 9. The largest absolute Gasteiger partial charge is 0.379 e. The van der Waals surface area contributed by atoms with Crippen LogP contribution in [0.15, 0.2) is 107 Å². The Hall–Kier alpha value is -4.40. The number of anilines is 1. The van der Waals surface area contributed by atoms with Crippen molar-refractivity contribution in [2.75, 3.05) is 38.1 Å². The minimum atomic E-state index is -4.11. The van der Waals surface area contributed by atoms with E-state index in [0.29, 0.717) is 31.7 Å². The fourth-order valence-electron chi connectivity index (χ4n) is 4.83. The molecule has 0 aliphatic carbocycles. The number of rotatable bonds is 10. The molecule has 1 fully saturated rings. The van der Waals surface area contributed by atoms with E-state index in [1.165, 1.54) is 80.4 Å². The lowest BCUT2D eigenvalue weighted by molar-refractivity contribution is -0.135. The lowest BCUT2D eigenvalue weighted by Gasteiger charge is -2.39. The third-order valence-corrected chi connectivity index (χ3v) is 10.4. The van der Waals surface area contributed by atoms with Crippen LogP contribution in [0.5, 0.6) is 5.75 Å². The van der Waals surface area contributed by atoms with Gasteiger partial charge in [0, 0.05) is 63.7 Å². The number of nitrogens with zero attached hydrogens (tertiary/aromatic N) is 5. The molecule has 0 radical (unpaired) electrons. The number of piperazine rings is 1. The second-order valence-electron chi connectivity index (χ2n) is 10.1. The summed E-state index contributed by atoms with van der Waals surface area (Å²) in [6.07, 6.45) is 5.33. The number of benzene rings is 2. The molecule has 4 aromatic rings. The molecule has 14 heteroatoms. The Morgan fingerprint density at radius 2 is 1.45 bits per heavy atom. The predicted molar refractivity (Wildman–Crippen MR) is 160 cm³/mol. The third-order valence-electron chi connectivity index (χ3n) is 7.30. The van der Waals surface area contributed by atoms with Gasteiger partial charge in [0.1, 0.15) is 27.4 Å². The highest BCUT2D eigenvalue weighted by molar-refractivity contribution is 7.89. The number of likely N-dealkylation sites (N-methyl/N-ethyl adjacent to an activating group) is 1. The highest BCUT2D eigenvalue weighted by atomic mass is 32.2. The fourth-order valence-corrected chi connectivity index (χ4v) is 7.00. The van der Waals surface area contributed by atoms with E-state index in [0.717, 1.165) is 9.99 Å². The van der Waals surface area contributed by atoms with Crippen LogP contribution in [0.4, 0.5) is 10.1 Å². The van der Waals surface area contributed by atoms with Crippen LogP contribution < -0.4 is 9.08 Å². The van der Waals surface area contributed by atoms with Crippen molar-refractivity contribution in [2.24, 2.45) is 0 Å². The van der Waals surface area contributed by atoms with E-state index in [4.69, 9.17) is 4.18 Å². The Kier molecular flexibility index (Phi) is 9.22. The molecule has 11 nitrogen and oxygen atoms in total. The van der Waals surface area contributed by atoms with Crippen molar-refractivity contribution in [1.29, 1.82) is 0 Å². The number of halogens is 1. The zero-order chi connectivity index (χ0) is 31.3. The van der Waals surface area contributed by atoms with Crippen molar-refractivity contribution >= 4 is 31.7 Å². The summed E-state index contributed by atoms with van der Waals surface area (Å²) in [5.74, 6) is -0.662. The van der Waals surface area contributed by atoms with Gasteiger partial charge in [-0.3, -0.25) is 14.8 Å². The molecule has 1 aliphatic rings. The van der Waals surface area contributed by atoms with Crippen LogP contribution >= 0.6 is 0 Å². The average Bonchev–Trinajstić information content (AvgIpc) is 3.05. The van der Waals surface area contributed by atoms with E-state index in [9.17, 15) is 26.0 Å². The molecular formula is C30H30FN5O6S2. The minimum Gasteiger partial charge on any atom is -0.379 e. The van der Waals surface area contributed by atoms with E-state index in [2.05, 4.69) is 9.97 Å². The zero-order valence-corrected chi connectivity index (χ0v) is 25.4. The molecule has 0 bridgehead atoms. The van der Waals surface area contributed by atoms with Crippen molar-refractivity contribution in [3.05, 3.63) is 109 Å². The minimum absolute atomic E-state index is 0.0165. The van der Waals surface area contributed by atoms with Crippen molar-refractivity contribution in [1.82, 2.24) is 19.2 Å². The lowest BCUT2D eigenvalue weighted by atomic mass is 10.0. The normalized spacial score (nSPS) is 14.8. The SMILES string of the molecule is CN(C(Cc1ccc(OS(=O)(=O)c2cccnc2)cc1)C(=O)N1CCN(c2ccc(F)cc2)CC1)S(=O)(=O)c1cccnc1. The number of pyridine rings is 2. The zero-order valence-electron chi connectivity index (χ0n) is 23.7. The Bertz CT molecular complexity index is 1790. The summed E-state index contributed by atoms with van der Waals surface area (Å²) in [5.41, 5.74) is 1.42. The van der Waals surface area contributed by atoms with E-state index < -0.39 is 26.2 Å². The summed E-state index contributed by atoms with van der Waals surface area (Å²) < 4.78 is 71.9. The Labute approximate surface area is 255 Å². The Morgan fingerprint density at radius 1 is 0.864 bits per heavy atom. The summed E-state index contributed by atoms with van der Waals surface area (Å²) in [7, 11) is -6.84. The van der Waals surface area contributed by atoms with Crippen LogP contribution in [0.3, 0.4) is 0 Å². The molecule has 1 unspecified atom stereocenters. The van der Waals surface area contributed by atoms with Crippen LogP contribution in [0.25, 0.3) is 0 Å². The molecule has 1 saturated heterocycles. The number of carbonyl (C=O) groups is 1. The molecule has 2 aromatic carbocycles. The monoisotopic (exact) mass is 639 g/mol. The van der Waals surface area contributed by atoms with Crippen LogP contribution in [-0.2, 0) is 31.4 Å². The highest BCUT2D eigenvalue weighted by Crippen LogP contribution is 2.24. The van der Waals surface area contributed by atoms with E-state index in [1.807, 2.05) is 4.90 Å². The first-order chi connectivity index (χ1) is 21.0. The summed E-state index contributed by atoms with van der Waals surface area (Å²) in [4.78, 5) is 25.2. The molecule has 0 N–H and O–H groups in total. The van der Waals surface area contributed by atoms with Gasteiger partial charge in [-0.25, -0.2) is 12.8 Å². The van der Waals surface area contributed by atoms with Gasteiger partial charge < -0.3 is 14.0 Å².